The summed E-state index contributed by atoms with van der Waals surface area (Å²) < 4.78 is 13.0. The number of aromatic nitrogens is 1. The number of benzene rings is 1. The van der Waals surface area contributed by atoms with E-state index >= 15 is 0 Å². The molecule has 22 heavy (non-hydrogen) atoms. The zero-order chi connectivity index (χ0) is 16.1. The van der Waals surface area contributed by atoms with Crippen molar-refractivity contribution in [3.05, 3.63) is 65.7 Å². The summed E-state index contributed by atoms with van der Waals surface area (Å²) in [7, 11) is 0. The van der Waals surface area contributed by atoms with E-state index in [1.165, 1.54) is 24.3 Å². The van der Waals surface area contributed by atoms with Crippen molar-refractivity contribution in [2.45, 2.75) is 26.2 Å². The second-order valence-electron chi connectivity index (χ2n) is 5.53. The first-order valence-corrected chi connectivity index (χ1v) is 7.21. The van der Waals surface area contributed by atoms with Crippen LogP contribution in [0.5, 0.6) is 0 Å². The lowest BCUT2D eigenvalue weighted by Crippen LogP contribution is -2.19. The van der Waals surface area contributed by atoms with Crippen LogP contribution in [0.2, 0.25) is 0 Å². The molecular formula is C18H18FNO2. The number of pyridine rings is 1. The lowest BCUT2D eigenvalue weighted by atomic mass is 9.85. The number of hydrogen-bond acceptors (Lipinski definition) is 3. The van der Waals surface area contributed by atoms with Gasteiger partial charge in [0.15, 0.2) is 5.78 Å². The van der Waals surface area contributed by atoms with Gasteiger partial charge >= 0.3 is 0 Å². The van der Waals surface area contributed by atoms with Gasteiger partial charge in [0, 0.05) is 30.3 Å². The van der Waals surface area contributed by atoms with Crippen LogP contribution < -0.4 is 0 Å². The van der Waals surface area contributed by atoms with Gasteiger partial charge in [-0.25, -0.2) is 4.39 Å². The van der Waals surface area contributed by atoms with Gasteiger partial charge in [0.1, 0.15) is 11.6 Å². The molecule has 0 aliphatic carbocycles. The Kier molecular flexibility index (Phi) is 5.15. The lowest BCUT2D eigenvalue weighted by Gasteiger charge is -2.17. The third kappa shape index (κ3) is 3.85. The minimum atomic E-state index is -0.566. The monoisotopic (exact) mass is 299 g/mol. The van der Waals surface area contributed by atoms with Crippen LogP contribution in [0.25, 0.3) is 0 Å². The van der Waals surface area contributed by atoms with Crippen LogP contribution in [0.4, 0.5) is 4.39 Å². The van der Waals surface area contributed by atoms with Gasteiger partial charge in [-0.2, -0.15) is 0 Å². The maximum atomic E-state index is 13.0. The smallest absolute Gasteiger partial charge is 0.170 e. The standard InChI is InChI=1S/C18H18FNO2/c1-12(2)17(21)11-16(13-7-9-20-10-8-13)18(22)14-3-5-15(19)6-4-14/h3-10,12,16H,11H2,1-2H3/t16-/m1/s1. The van der Waals surface area contributed by atoms with Gasteiger partial charge in [-0.1, -0.05) is 13.8 Å². The molecular weight excluding hydrogens is 281 g/mol. The van der Waals surface area contributed by atoms with E-state index in [2.05, 4.69) is 4.98 Å². The fourth-order valence-electron chi connectivity index (χ4n) is 2.21. The molecule has 4 heteroatoms. The molecule has 0 saturated carbocycles. The van der Waals surface area contributed by atoms with Gasteiger partial charge in [0.05, 0.1) is 5.92 Å². The lowest BCUT2D eigenvalue weighted by molar-refractivity contribution is -0.122. The fourth-order valence-corrected chi connectivity index (χ4v) is 2.21. The molecule has 0 unspecified atom stereocenters. The predicted octanol–water partition coefficient (Wildman–Crippen LogP) is 3.80. The van der Waals surface area contributed by atoms with E-state index in [1.807, 2.05) is 13.8 Å². The topological polar surface area (TPSA) is 47.0 Å². The van der Waals surface area contributed by atoms with Gasteiger partial charge in [-0.3, -0.25) is 14.6 Å². The van der Waals surface area contributed by atoms with Crippen LogP contribution >= 0.6 is 0 Å². The SMILES string of the molecule is CC(C)C(=O)C[C@@H](C(=O)c1ccc(F)cc1)c1ccncc1. The summed E-state index contributed by atoms with van der Waals surface area (Å²) in [5.74, 6) is -1.25. The van der Waals surface area contributed by atoms with E-state index < -0.39 is 11.7 Å². The molecule has 0 radical (unpaired) electrons. The molecule has 1 aromatic carbocycles. The van der Waals surface area contributed by atoms with Crippen molar-refractivity contribution >= 4 is 11.6 Å². The van der Waals surface area contributed by atoms with Crippen LogP contribution in [0, 0.1) is 11.7 Å². The van der Waals surface area contributed by atoms with Gasteiger partial charge in [-0.05, 0) is 42.0 Å². The summed E-state index contributed by atoms with van der Waals surface area (Å²) in [5.41, 5.74) is 1.15. The van der Waals surface area contributed by atoms with Crippen LogP contribution in [0.1, 0.15) is 42.1 Å². The number of ketones is 2. The number of carbonyl (C=O) groups excluding carboxylic acids is 2. The molecule has 2 rings (SSSR count). The van der Waals surface area contributed by atoms with Crippen molar-refractivity contribution in [3.63, 3.8) is 0 Å². The Morgan fingerprint density at radius 3 is 2.18 bits per heavy atom. The molecule has 0 aliphatic heterocycles. The third-order valence-electron chi connectivity index (χ3n) is 3.60. The Bertz CT molecular complexity index is 651. The molecule has 1 heterocycles. The highest BCUT2D eigenvalue weighted by atomic mass is 19.1. The maximum absolute atomic E-state index is 13.0. The third-order valence-corrected chi connectivity index (χ3v) is 3.60. The van der Waals surface area contributed by atoms with Gasteiger partial charge in [0.25, 0.3) is 0 Å². The average Bonchev–Trinajstić information content (AvgIpc) is 2.53. The number of carbonyl (C=O) groups is 2. The van der Waals surface area contributed by atoms with Crippen LogP contribution in [0.15, 0.2) is 48.8 Å². The second-order valence-corrected chi connectivity index (χ2v) is 5.53. The number of hydrogen-bond donors (Lipinski definition) is 0. The minimum absolute atomic E-state index is 0.0253. The Hall–Kier alpha value is -2.36. The summed E-state index contributed by atoms with van der Waals surface area (Å²) in [6.45, 7) is 3.63. The Balaban J connectivity index is 2.33. The number of rotatable bonds is 6. The number of halogens is 1. The summed E-state index contributed by atoms with van der Waals surface area (Å²) in [6.07, 6.45) is 3.33. The van der Waals surface area contributed by atoms with Gasteiger partial charge in [-0.15, -0.1) is 0 Å². The normalized spacial score (nSPS) is 12.2. The maximum Gasteiger partial charge on any atom is 0.170 e. The minimum Gasteiger partial charge on any atom is -0.299 e. The van der Waals surface area contributed by atoms with Crippen molar-refractivity contribution in [3.8, 4) is 0 Å². The molecule has 0 saturated heterocycles. The van der Waals surface area contributed by atoms with E-state index in [0.717, 1.165) is 5.56 Å². The first kappa shape index (κ1) is 16.0. The molecule has 1 aromatic heterocycles. The highest BCUT2D eigenvalue weighted by molar-refractivity contribution is 6.03. The first-order chi connectivity index (χ1) is 10.5. The molecule has 114 valence electrons. The molecule has 0 N–H and O–H groups in total. The van der Waals surface area contributed by atoms with E-state index in [-0.39, 0.29) is 23.9 Å². The van der Waals surface area contributed by atoms with E-state index in [1.54, 1.807) is 24.5 Å². The van der Waals surface area contributed by atoms with Crippen molar-refractivity contribution in [1.82, 2.24) is 4.98 Å². The summed E-state index contributed by atoms with van der Waals surface area (Å²) in [5, 5.41) is 0. The number of Topliss-reactive ketones (excluding diaryl/α,β-unsaturated/α-hetero) is 2. The first-order valence-electron chi connectivity index (χ1n) is 7.21. The molecule has 3 nitrogen and oxygen atoms in total. The Morgan fingerprint density at radius 1 is 1.05 bits per heavy atom. The van der Waals surface area contributed by atoms with Crippen LogP contribution in [-0.4, -0.2) is 16.6 Å². The van der Waals surface area contributed by atoms with Crippen molar-refractivity contribution in [2.75, 3.05) is 0 Å². The zero-order valence-corrected chi connectivity index (χ0v) is 12.6. The van der Waals surface area contributed by atoms with Crippen molar-refractivity contribution in [2.24, 2.45) is 5.92 Å². The molecule has 0 bridgehead atoms. The van der Waals surface area contributed by atoms with Crippen LogP contribution in [0.3, 0.4) is 0 Å². The molecule has 0 fully saturated rings. The van der Waals surface area contributed by atoms with Gasteiger partial charge < -0.3 is 0 Å². The quantitative estimate of drug-likeness (QED) is 0.762. The second kappa shape index (κ2) is 7.07. The number of nitrogens with zero attached hydrogens (tertiary/aromatic N) is 1. The molecule has 0 spiro atoms. The largest absolute Gasteiger partial charge is 0.299 e. The highest BCUT2D eigenvalue weighted by Gasteiger charge is 2.25. The highest BCUT2D eigenvalue weighted by Crippen LogP contribution is 2.26. The predicted molar refractivity (Wildman–Crippen MR) is 82.2 cm³/mol. The van der Waals surface area contributed by atoms with Crippen molar-refractivity contribution < 1.29 is 14.0 Å². The van der Waals surface area contributed by atoms with E-state index in [0.29, 0.717) is 5.56 Å². The Morgan fingerprint density at radius 2 is 1.64 bits per heavy atom. The summed E-state index contributed by atoms with van der Waals surface area (Å²) >= 11 is 0. The molecule has 2 aromatic rings. The van der Waals surface area contributed by atoms with E-state index in [4.69, 9.17) is 0 Å². The molecule has 0 aliphatic rings. The van der Waals surface area contributed by atoms with E-state index in [9.17, 15) is 14.0 Å². The summed E-state index contributed by atoms with van der Waals surface area (Å²) in [4.78, 5) is 28.7. The average molecular weight is 299 g/mol. The molecule has 1 atom stereocenters. The summed E-state index contributed by atoms with van der Waals surface area (Å²) in [6, 6.07) is 8.87. The zero-order valence-electron chi connectivity index (χ0n) is 12.6. The Labute approximate surface area is 129 Å². The molecule has 0 amide bonds. The van der Waals surface area contributed by atoms with Gasteiger partial charge in [0.2, 0.25) is 0 Å². The van der Waals surface area contributed by atoms with Crippen molar-refractivity contribution in [1.29, 1.82) is 0 Å². The van der Waals surface area contributed by atoms with Crippen LogP contribution in [-0.2, 0) is 4.79 Å². The fraction of sp³-hybridized carbons (Fsp3) is 0.278.